The van der Waals surface area contributed by atoms with Crippen LogP contribution in [0, 0.1) is 11.6 Å². The first-order chi connectivity index (χ1) is 7.88. The number of hydrogen-bond donors (Lipinski definition) is 2. The van der Waals surface area contributed by atoms with Crippen LogP contribution in [0.15, 0.2) is 17.0 Å². The quantitative estimate of drug-likeness (QED) is 0.628. The molecule has 17 heavy (non-hydrogen) atoms. The molecule has 0 atom stereocenters. The van der Waals surface area contributed by atoms with Crippen molar-refractivity contribution in [2.24, 2.45) is 0 Å². The highest BCUT2D eigenvalue weighted by molar-refractivity contribution is 7.98. The molecule has 0 aliphatic heterocycles. The van der Waals surface area contributed by atoms with Crippen LogP contribution in [-0.2, 0) is 10.0 Å². The fourth-order valence-electron chi connectivity index (χ4n) is 1.14. The largest absolute Gasteiger partial charge is 0.399 e. The lowest BCUT2D eigenvalue weighted by atomic mass is 10.3. The number of nitrogens with two attached hydrogens (primary N) is 1. The van der Waals surface area contributed by atoms with E-state index >= 15 is 0 Å². The average molecular weight is 282 g/mol. The summed E-state index contributed by atoms with van der Waals surface area (Å²) in [4.78, 5) is -0.767. The van der Waals surface area contributed by atoms with Gasteiger partial charge in [-0.05, 0) is 18.4 Å². The lowest BCUT2D eigenvalue weighted by Crippen LogP contribution is -2.27. The van der Waals surface area contributed by atoms with E-state index in [1.807, 2.05) is 0 Å². The molecule has 0 aliphatic rings. The molecule has 0 bridgehead atoms. The van der Waals surface area contributed by atoms with E-state index in [4.69, 9.17) is 5.73 Å². The molecule has 0 fully saturated rings. The summed E-state index contributed by atoms with van der Waals surface area (Å²) in [6.45, 7) is 0.138. The zero-order valence-corrected chi connectivity index (χ0v) is 10.7. The van der Waals surface area contributed by atoms with Crippen LogP contribution in [0.5, 0.6) is 0 Å². The third kappa shape index (κ3) is 3.55. The summed E-state index contributed by atoms with van der Waals surface area (Å²) in [6, 6.07) is 1.62. The van der Waals surface area contributed by atoms with Gasteiger partial charge in [-0.3, -0.25) is 0 Å². The monoisotopic (exact) mass is 282 g/mol. The number of halogens is 2. The molecule has 0 amide bonds. The highest BCUT2D eigenvalue weighted by Crippen LogP contribution is 2.20. The Hall–Kier alpha value is -0.860. The second-order valence-electron chi connectivity index (χ2n) is 3.21. The van der Waals surface area contributed by atoms with Crippen LogP contribution in [0.3, 0.4) is 0 Å². The Labute approximate surface area is 103 Å². The number of nitrogens with one attached hydrogen (secondary N) is 1. The summed E-state index contributed by atoms with van der Waals surface area (Å²) in [5, 5.41) is 0. The number of nitrogen functional groups attached to an aromatic ring is 1. The van der Waals surface area contributed by atoms with Crippen LogP contribution >= 0.6 is 11.8 Å². The number of hydrogen-bond acceptors (Lipinski definition) is 4. The SMILES string of the molecule is CSCCNS(=O)(=O)c1cc(N)cc(F)c1F. The van der Waals surface area contributed by atoms with Crippen LogP contribution in [0.25, 0.3) is 0 Å². The van der Waals surface area contributed by atoms with Crippen LogP contribution in [0.1, 0.15) is 0 Å². The first kappa shape index (κ1) is 14.2. The Kier molecular flexibility index (Phi) is 4.72. The lowest BCUT2D eigenvalue weighted by molar-refractivity contribution is 0.484. The molecule has 0 spiro atoms. The van der Waals surface area contributed by atoms with Gasteiger partial charge in [-0.15, -0.1) is 0 Å². The molecule has 8 heteroatoms. The smallest absolute Gasteiger partial charge is 0.243 e. The molecule has 0 aliphatic carbocycles. The lowest BCUT2D eigenvalue weighted by Gasteiger charge is -2.08. The summed E-state index contributed by atoms with van der Waals surface area (Å²) in [5.74, 6) is -2.17. The zero-order valence-electron chi connectivity index (χ0n) is 9.04. The van der Waals surface area contributed by atoms with Crippen LogP contribution in [0.4, 0.5) is 14.5 Å². The molecule has 1 rings (SSSR count). The Morgan fingerprint density at radius 2 is 2.06 bits per heavy atom. The van der Waals surface area contributed by atoms with Gasteiger partial charge in [-0.2, -0.15) is 11.8 Å². The Balaban J connectivity index is 3.06. The van der Waals surface area contributed by atoms with E-state index in [1.165, 1.54) is 11.8 Å². The molecule has 0 unspecified atom stereocenters. The van der Waals surface area contributed by atoms with Crippen molar-refractivity contribution in [1.29, 1.82) is 0 Å². The van der Waals surface area contributed by atoms with Crippen LogP contribution in [0.2, 0.25) is 0 Å². The maximum Gasteiger partial charge on any atom is 0.243 e. The molecule has 96 valence electrons. The number of benzene rings is 1. The van der Waals surface area contributed by atoms with Crippen molar-refractivity contribution in [3.8, 4) is 0 Å². The average Bonchev–Trinajstić information content (AvgIpc) is 2.23. The van der Waals surface area contributed by atoms with Gasteiger partial charge >= 0.3 is 0 Å². The van der Waals surface area contributed by atoms with Crippen LogP contribution in [-0.4, -0.2) is 27.0 Å². The maximum absolute atomic E-state index is 13.3. The molecular weight excluding hydrogens is 270 g/mol. The molecule has 1 aromatic rings. The van der Waals surface area contributed by atoms with E-state index < -0.39 is 26.6 Å². The molecule has 0 saturated carbocycles. The zero-order chi connectivity index (χ0) is 13.1. The van der Waals surface area contributed by atoms with E-state index in [2.05, 4.69) is 4.72 Å². The summed E-state index contributed by atoms with van der Waals surface area (Å²) < 4.78 is 51.8. The van der Waals surface area contributed by atoms with Crippen molar-refractivity contribution in [2.45, 2.75) is 4.90 Å². The Morgan fingerprint density at radius 1 is 1.41 bits per heavy atom. The first-order valence-electron chi connectivity index (χ1n) is 4.61. The summed E-state index contributed by atoms with van der Waals surface area (Å²) in [6.07, 6.45) is 1.80. The predicted molar refractivity (Wildman–Crippen MR) is 64.3 cm³/mol. The molecule has 3 N–H and O–H groups in total. The van der Waals surface area contributed by atoms with Gasteiger partial charge in [0.25, 0.3) is 0 Å². The fraction of sp³-hybridized carbons (Fsp3) is 0.333. The van der Waals surface area contributed by atoms with Crippen LogP contribution < -0.4 is 10.5 Å². The molecule has 1 aromatic carbocycles. The van der Waals surface area contributed by atoms with Crippen molar-refractivity contribution in [2.75, 3.05) is 24.3 Å². The second-order valence-corrected chi connectivity index (χ2v) is 5.93. The van der Waals surface area contributed by atoms with E-state index in [9.17, 15) is 17.2 Å². The van der Waals surface area contributed by atoms with Gasteiger partial charge in [-0.25, -0.2) is 21.9 Å². The Morgan fingerprint density at radius 3 is 2.65 bits per heavy atom. The molecule has 4 nitrogen and oxygen atoms in total. The number of thioether (sulfide) groups is 1. The summed E-state index contributed by atoms with van der Waals surface area (Å²) >= 11 is 1.43. The minimum Gasteiger partial charge on any atom is -0.399 e. The molecule has 0 saturated heterocycles. The van der Waals surface area contributed by atoms with Gasteiger partial charge in [-0.1, -0.05) is 0 Å². The fourth-order valence-corrected chi connectivity index (χ4v) is 2.72. The minimum absolute atomic E-state index is 0.138. The topological polar surface area (TPSA) is 72.2 Å². The number of rotatable bonds is 5. The maximum atomic E-state index is 13.3. The number of sulfonamides is 1. The van der Waals surface area contributed by atoms with Crippen molar-refractivity contribution >= 4 is 27.5 Å². The summed E-state index contributed by atoms with van der Waals surface area (Å²) in [7, 11) is -4.07. The van der Waals surface area contributed by atoms with E-state index in [-0.39, 0.29) is 12.2 Å². The third-order valence-corrected chi connectivity index (χ3v) is 3.98. The predicted octanol–water partition coefficient (Wildman–Crippen LogP) is 1.19. The van der Waals surface area contributed by atoms with E-state index in [0.29, 0.717) is 5.75 Å². The van der Waals surface area contributed by atoms with Crippen molar-refractivity contribution in [3.05, 3.63) is 23.8 Å². The van der Waals surface area contributed by atoms with Gasteiger partial charge in [0.2, 0.25) is 10.0 Å². The first-order valence-corrected chi connectivity index (χ1v) is 7.49. The highest BCUT2D eigenvalue weighted by atomic mass is 32.2. The van der Waals surface area contributed by atoms with Gasteiger partial charge in [0.05, 0.1) is 0 Å². The highest BCUT2D eigenvalue weighted by Gasteiger charge is 2.22. The molecule has 0 heterocycles. The van der Waals surface area contributed by atoms with Crippen molar-refractivity contribution in [1.82, 2.24) is 4.72 Å². The Bertz CT molecular complexity index is 506. The van der Waals surface area contributed by atoms with E-state index in [1.54, 1.807) is 6.26 Å². The second kappa shape index (κ2) is 5.65. The third-order valence-electron chi connectivity index (χ3n) is 1.90. The molecular formula is C9H12F2N2O2S2. The van der Waals surface area contributed by atoms with E-state index in [0.717, 1.165) is 12.1 Å². The molecule has 0 aromatic heterocycles. The van der Waals surface area contributed by atoms with Gasteiger partial charge in [0.1, 0.15) is 4.90 Å². The summed E-state index contributed by atoms with van der Waals surface area (Å²) in [5.41, 5.74) is 5.13. The number of anilines is 1. The minimum atomic E-state index is -4.07. The normalized spacial score (nSPS) is 11.7. The van der Waals surface area contributed by atoms with Gasteiger partial charge < -0.3 is 5.73 Å². The van der Waals surface area contributed by atoms with Crippen molar-refractivity contribution < 1.29 is 17.2 Å². The molecule has 0 radical (unpaired) electrons. The van der Waals surface area contributed by atoms with Crippen molar-refractivity contribution in [3.63, 3.8) is 0 Å². The standard InChI is InChI=1S/C9H12F2N2O2S2/c1-16-3-2-13-17(14,15)8-5-6(12)4-7(10)9(8)11/h4-5,13H,2-3,12H2,1H3. The van der Waals surface area contributed by atoms with Gasteiger partial charge in [0.15, 0.2) is 11.6 Å². The van der Waals surface area contributed by atoms with Gasteiger partial charge in [0, 0.05) is 18.0 Å².